The van der Waals surface area contributed by atoms with E-state index in [0.29, 0.717) is 10.2 Å². The normalized spacial score (nSPS) is 11.7. The van der Waals surface area contributed by atoms with Gasteiger partial charge in [-0.05, 0) is 40.2 Å². The lowest BCUT2D eigenvalue weighted by atomic mass is 10.1. The largest absolute Gasteiger partial charge is 0.368 e. The molecule has 0 aliphatic rings. The molecule has 6 nitrogen and oxygen atoms in total. The van der Waals surface area contributed by atoms with Gasteiger partial charge in [0, 0.05) is 16.9 Å². The molecule has 0 saturated heterocycles. The van der Waals surface area contributed by atoms with E-state index in [4.69, 9.17) is 5.73 Å². The predicted octanol–water partition coefficient (Wildman–Crippen LogP) is 1.20. The Hall–Kier alpha value is -2.28. The molecular weight excluding hydrogens is 324 g/mol. The molecule has 0 spiro atoms. The van der Waals surface area contributed by atoms with Gasteiger partial charge < -0.3 is 11.1 Å². The quantitative estimate of drug-likeness (QED) is 0.877. The Kier molecular flexibility index (Phi) is 4.41. The second kappa shape index (κ2) is 6.25. The number of nitrogens with one attached hydrogen (secondary N) is 1. The number of carbonyl (C=O) groups is 2. The van der Waals surface area contributed by atoms with Crippen LogP contribution in [0.3, 0.4) is 0 Å². The van der Waals surface area contributed by atoms with Crippen molar-refractivity contribution in [3.8, 4) is 0 Å². The Morgan fingerprint density at radius 1 is 1.15 bits per heavy atom. The fourth-order valence-corrected chi connectivity index (χ4v) is 2.02. The van der Waals surface area contributed by atoms with Crippen LogP contribution in [0.5, 0.6) is 0 Å². The number of halogens is 1. The first-order chi connectivity index (χ1) is 9.59. The minimum atomic E-state index is -1.00. The number of pyridine rings is 2. The maximum Gasteiger partial charge on any atom is 0.271 e. The van der Waals surface area contributed by atoms with Crippen LogP contribution in [0.25, 0.3) is 0 Å². The van der Waals surface area contributed by atoms with Gasteiger partial charge in [-0.15, -0.1) is 0 Å². The summed E-state index contributed by atoms with van der Waals surface area (Å²) >= 11 is 3.22. The molecule has 7 heteroatoms. The van der Waals surface area contributed by atoms with E-state index in [9.17, 15) is 9.59 Å². The Morgan fingerprint density at radius 2 is 1.90 bits per heavy atom. The average molecular weight is 335 g/mol. The summed E-state index contributed by atoms with van der Waals surface area (Å²) in [5.41, 5.74) is 5.86. The summed E-state index contributed by atoms with van der Waals surface area (Å²) in [6.07, 6.45) is 3.01. The monoisotopic (exact) mass is 334 g/mol. The lowest BCUT2D eigenvalue weighted by molar-refractivity contribution is -0.120. The molecule has 2 aromatic rings. The summed E-state index contributed by atoms with van der Waals surface area (Å²) in [6, 6.07) is 7.40. The molecule has 0 bridgehead atoms. The summed E-state index contributed by atoms with van der Waals surface area (Å²) in [6.45, 7) is 0. The fraction of sp³-hybridized carbons (Fsp3) is 0.0769. The lowest BCUT2D eigenvalue weighted by Gasteiger charge is -2.14. The first-order valence-corrected chi connectivity index (χ1v) is 6.50. The maximum absolute atomic E-state index is 12.1. The van der Waals surface area contributed by atoms with Crippen molar-refractivity contribution in [3.05, 3.63) is 58.6 Å². The molecule has 0 saturated carbocycles. The van der Waals surface area contributed by atoms with Crippen molar-refractivity contribution in [2.75, 3.05) is 0 Å². The number of carbonyl (C=O) groups excluding carboxylic acids is 2. The van der Waals surface area contributed by atoms with E-state index >= 15 is 0 Å². The van der Waals surface area contributed by atoms with Crippen LogP contribution in [0.15, 0.2) is 47.2 Å². The average Bonchev–Trinajstić information content (AvgIpc) is 2.45. The van der Waals surface area contributed by atoms with Crippen molar-refractivity contribution in [2.24, 2.45) is 5.73 Å². The highest BCUT2D eigenvalue weighted by molar-refractivity contribution is 9.10. The smallest absolute Gasteiger partial charge is 0.271 e. The summed E-state index contributed by atoms with van der Waals surface area (Å²) in [5.74, 6) is -1.20. The third-order valence-electron chi connectivity index (χ3n) is 2.52. The first kappa shape index (κ1) is 14.1. The zero-order valence-electron chi connectivity index (χ0n) is 10.3. The van der Waals surface area contributed by atoms with Crippen LogP contribution in [0.1, 0.15) is 22.2 Å². The topological polar surface area (TPSA) is 98.0 Å². The van der Waals surface area contributed by atoms with Gasteiger partial charge in [0.1, 0.15) is 5.69 Å². The predicted molar refractivity (Wildman–Crippen MR) is 75.6 cm³/mol. The molecule has 0 radical (unpaired) electrons. The van der Waals surface area contributed by atoms with E-state index in [1.54, 1.807) is 30.3 Å². The van der Waals surface area contributed by atoms with Crippen LogP contribution in [0, 0.1) is 0 Å². The van der Waals surface area contributed by atoms with Crippen molar-refractivity contribution in [1.29, 1.82) is 0 Å². The Morgan fingerprint density at radius 3 is 2.50 bits per heavy atom. The van der Waals surface area contributed by atoms with E-state index in [2.05, 4.69) is 31.2 Å². The molecule has 102 valence electrons. The van der Waals surface area contributed by atoms with Gasteiger partial charge >= 0.3 is 0 Å². The Balaban J connectivity index is 2.24. The van der Waals surface area contributed by atoms with E-state index in [0.717, 1.165) is 0 Å². The highest BCUT2D eigenvalue weighted by Gasteiger charge is 2.23. The number of amides is 2. The molecule has 2 rings (SSSR count). The van der Waals surface area contributed by atoms with Crippen molar-refractivity contribution >= 4 is 27.7 Å². The Bertz CT molecular complexity index is 633. The molecule has 0 aliphatic heterocycles. The third-order valence-corrected chi connectivity index (χ3v) is 3.16. The van der Waals surface area contributed by atoms with E-state index in [-0.39, 0.29) is 5.69 Å². The van der Waals surface area contributed by atoms with Crippen LogP contribution in [0.4, 0.5) is 0 Å². The van der Waals surface area contributed by atoms with Crippen molar-refractivity contribution in [3.63, 3.8) is 0 Å². The second-order valence-corrected chi connectivity index (χ2v) is 4.75. The van der Waals surface area contributed by atoms with Gasteiger partial charge in [0.25, 0.3) is 5.91 Å². The van der Waals surface area contributed by atoms with E-state index in [1.165, 1.54) is 12.4 Å². The van der Waals surface area contributed by atoms with Crippen LogP contribution in [-0.2, 0) is 4.79 Å². The van der Waals surface area contributed by atoms with Gasteiger partial charge in [-0.25, -0.2) is 4.98 Å². The standard InChI is InChI=1S/C13H11BrN4O2/c14-8-4-3-7-17-10(8)13(20)18-11(12(15)19)9-5-1-2-6-16-9/h1-7,11H,(H2,15,19)(H,18,20). The zero-order chi connectivity index (χ0) is 14.5. The van der Waals surface area contributed by atoms with Crippen LogP contribution in [0.2, 0.25) is 0 Å². The molecule has 2 amide bonds. The van der Waals surface area contributed by atoms with Crippen molar-refractivity contribution in [1.82, 2.24) is 15.3 Å². The van der Waals surface area contributed by atoms with Gasteiger partial charge in [0.15, 0.2) is 6.04 Å². The minimum absolute atomic E-state index is 0.176. The van der Waals surface area contributed by atoms with Crippen LogP contribution < -0.4 is 11.1 Å². The number of aromatic nitrogens is 2. The van der Waals surface area contributed by atoms with Gasteiger partial charge in [0.05, 0.1) is 5.69 Å². The molecule has 2 aromatic heterocycles. The molecule has 20 heavy (non-hydrogen) atoms. The number of nitrogens with zero attached hydrogens (tertiary/aromatic N) is 2. The van der Waals surface area contributed by atoms with Crippen molar-refractivity contribution in [2.45, 2.75) is 6.04 Å². The Labute approximate surface area is 123 Å². The van der Waals surface area contributed by atoms with Gasteiger partial charge in [-0.2, -0.15) is 0 Å². The summed E-state index contributed by atoms with van der Waals surface area (Å²) in [7, 11) is 0. The van der Waals surface area contributed by atoms with Gasteiger partial charge in [0.2, 0.25) is 5.91 Å². The lowest BCUT2D eigenvalue weighted by Crippen LogP contribution is -2.38. The molecule has 2 heterocycles. The van der Waals surface area contributed by atoms with Crippen molar-refractivity contribution < 1.29 is 9.59 Å². The number of hydrogen-bond donors (Lipinski definition) is 2. The minimum Gasteiger partial charge on any atom is -0.368 e. The summed E-state index contributed by atoms with van der Waals surface area (Å²) in [5, 5.41) is 2.52. The zero-order valence-corrected chi connectivity index (χ0v) is 11.9. The molecule has 0 fully saturated rings. The van der Waals surface area contributed by atoms with Crippen LogP contribution >= 0.6 is 15.9 Å². The fourth-order valence-electron chi connectivity index (χ4n) is 1.59. The number of rotatable bonds is 4. The second-order valence-electron chi connectivity index (χ2n) is 3.90. The molecule has 0 aliphatic carbocycles. The van der Waals surface area contributed by atoms with E-state index < -0.39 is 17.9 Å². The first-order valence-electron chi connectivity index (χ1n) is 5.71. The van der Waals surface area contributed by atoms with Gasteiger partial charge in [-0.1, -0.05) is 6.07 Å². The molecule has 1 atom stereocenters. The van der Waals surface area contributed by atoms with E-state index in [1.807, 2.05) is 0 Å². The SMILES string of the molecule is NC(=O)C(NC(=O)c1ncccc1Br)c1ccccn1. The number of nitrogens with two attached hydrogens (primary N) is 1. The number of primary amides is 1. The summed E-state index contributed by atoms with van der Waals surface area (Å²) < 4.78 is 0.529. The molecule has 0 aromatic carbocycles. The molecular formula is C13H11BrN4O2. The number of hydrogen-bond acceptors (Lipinski definition) is 4. The summed E-state index contributed by atoms with van der Waals surface area (Å²) in [4.78, 5) is 31.6. The molecule has 1 unspecified atom stereocenters. The molecule has 3 N–H and O–H groups in total. The van der Waals surface area contributed by atoms with Gasteiger partial charge in [-0.3, -0.25) is 14.6 Å². The third kappa shape index (κ3) is 3.18. The van der Waals surface area contributed by atoms with Crippen LogP contribution in [-0.4, -0.2) is 21.8 Å². The maximum atomic E-state index is 12.1. The highest BCUT2D eigenvalue weighted by atomic mass is 79.9. The highest BCUT2D eigenvalue weighted by Crippen LogP contribution is 2.15.